The Balaban J connectivity index is 2.05. The van der Waals surface area contributed by atoms with E-state index in [1.165, 1.54) is 5.56 Å². The van der Waals surface area contributed by atoms with Crippen LogP contribution in [0.15, 0.2) is 42.7 Å². The molecule has 1 heterocycles. The molecule has 2 rings (SSSR count). The summed E-state index contributed by atoms with van der Waals surface area (Å²) in [5.41, 5.74) is 1.17. The van der Waals surface area contributed by atoms with Crippen LogP contribution in [-0.2, 0) is 6.54 Å². The van der Waals surface area contributed by atoms with Crippen molar-refractivity contribution < 1.29 is 4.74 Å². The van der Waals surface area contributed by atoms with Gasteiger partial charge in [-0.15, -0.1) is 0 Å². The molecule has 0 amide bonds. The van der Waals surface area contributed by atoms with E-state index in [0.29, 0.717) is 0 Å². The summed E-state index contributed by atoms with van der Waals surface area (Å²) in [7, 11) is 0. The molecule has 1 aromatic heterocycles. The minimum absolute atomic E-state index is 0.0516. The molecule has 0 N–H and O–H groups in total. The summed E-state index contributed by atoms with van der Waals surface area (Å²) in [6, 6.07) is 10.2. The summed E-state index contributed by atoms with van der Waals surface area (Å²) in [6.45, 7) is 4.96. The second-order valence-electron chi connectivity index (χ2n) is 3.70. The van der Waals surface area contributed by atoms with Crippen molar-refractivity contribution in [2.45, 2.75) is 26.5 Å². The zero-order chi connectivity index (χ0) is 11.4. The number of hydrogen-bond acceptors (Lipinski definition) is 2. The maximum atomic E-state index is 5.80. The van der Waals surface area contributed by atoms with Crippen LogP contribution < -0.4 is 4.74 Å². The third-order valence-corrected chi connectivity index (χ3v) is 2.52. The highest BCUT2D eigenvalue weighted by Gasteiger charge is 2.07. The molecule has 84 valence electrons. The Labute approximate surface area is 95.7 Å². The van der Waals surface area contributed by atoms with Crippen molar-refractivity contribution in [3.8, 4) is 5.75 Å². The zero-order valence-corrected chi connectivity index (χ0v) is 9.63. The first-order valence-electron chi connectivity index (χ1n) is 5.53. The van der Waals surface area contributed by atoms with Crippen LogP contribution in [0.4, 0.5) is 0 Å². The van der Waals surface area contributed by atoms with Crippen molar-refractivity contribution in [2.24, 2.45) is 0 Å². The molecule has 0 aliphatic heterocycles. The first-order chi connectivity index (χ1) is 7.79. The van der Waals surface area contributed by atoms with Gasteiger partial charge in [-0.3, -0.25) is 4.68 Å². The van der Waals surface area contributed by atoms with Gasteiger partial charge in [-0.05, 0) is 19.4 Å². The van der Waals surface area contributed by atoms with Crippen molar-refractivity contribution in [1.82, 2.24) is 9.78 Å². The highest BCUT2D eigenvalue weighted by atomic mass is 16.5. The van der Waals surface area contributed by atoms with Crippen LogP contribution in [0.25, 0.3) is 0 Å². The van der Waals surface area contributed by atoms with Crippen LogP contribution >= 0.6 is 0 Å². The lowest BCUT2D eigenvalue weighted by molar-refractivity contribution is 0.226. The third-order valence-electron chi connectivity index (χ3n) is 2.52. The SMILES string of the molecule is CCn1cc(OC(C)c2ccccc2)cn1. The Morgan fingerprint density at radius 2 is 2.06 bits per heavy atom. The Hall–Kier alpha value is -1.77. The molecule has 0 fully saturated rings. The van der Waals surface area contributed by atoms with Crippen LogP contribution in [0.3, 0.4) is 0 Å². The smallest absolute Gasteiger partial charge is 0.158 e. The fraction of sp³-hybridized carbons (Fsp3) is 0.308. The Morgan fingerprint density at radius 3 is 2.69 bits per heavy atom. The maximum absolute atomic E-state index is 5.80. The minimum Gasteiger partial charge on any atom is -0.483 e. The van der Waals surface area contributed by atoms with Crippen molar-refractivity contribution in [2.75, 3.05) is 0 Å². The Bertz CT molecular complexity index is 436. The predicted octanol–water partition coefficient (Wildman–Crippen LogP) is 3.04. The lowest BCUT2D eigenvalue weighted by Crippen LogP contribution is -2.02. The summed E-state index contributed by atoms with van der Waals surface area (Å²) >= 11 is 0. The maximum Gasteiger partial charge on any atom is 0.158 e. The lowest BCUT2D eigenvalue weighted by Gasteiger charge is -2.12. The van der Waals surface area contributed by atoms with Gasteiger partial charge in [0, 0.05) is 6.54 Å². The number of hydrogen-bond donors (Lipinski definition) is 0. The Morgan fingerprint density at radius 1 is 1.31 bits per heavy atom. The van der Waals surface area contributed by atoms with Gasteiger partial charge in [-0.1, -0.05) is 30.3 Å². The third kappa shape index (κ3) is 2.42. The van der Waals surface area contributed by atoms with Crippen molar-refractivity contribution in [3.05, 3.63) is 48.3 Å². The average Bonchev–Trinajstić information content (AvgIpc) is 2.78. The molecule has 3 heteroatoms. The molecule has 0 saturated heterocycles. The quantitative estimate of drug-likeness (QED) is 0.785. The molecular formula is C13H16N2O. The van der Waals surface area contributed by atoms with E-state index in [-0.39, 0.29) is 6.10 Å². The molecule has 0 aliphatic carbocycles. The van der Waals surface area contributed by atoms with Gasteiger partial charge in [0.25, 0.3) is 0 Å². The summed E-state index contributed by atoms with van der Waals surface area (Å²) in [5.74, 6) is 0.818. The second-order valence-corrected chi connectivity index (χ2v) is 3.70. The highest BCUT2D eigenvalue weighted by Crippen LogP contribution is 2.20. The first kappa shape index (κ1) is 10.7. The van der Waals surface area contributed by atoms with Crippen molar-refractivity contribution in [1.29, 1.82) is 0 Å². The van der Waals surface area contributed by atoms with E-state index in [1.54, 1.807) is 6.20 Å². The van der Waals surface area contributed by atoms with Gasteiger partial charge >= 0.3 is 0 Å². The molecule has 16 heavy (non-hydrogen) atoms. The van der Waals surface area contributed by atoms with Crippen LogP contribution in [0.5, 0.6) is 5.75 Å². The molecule has 0 radical (unpaired) electrons. The van der Waals surface area contributed by atoms with Gasteiger partial charge in [0.15, 0.2) is 5.75 Å². The topological polar surface area (TPSA) is 27.1 Å². The first-order valence-corrected chi connectivity index (χ1v) is 5.53. The standard InChI is InChI=1S/C13H16N2O/c1-3-15-10-13(9-14-15)16-11(2)12-7-5-4-6-8-12/h4-11H,3H2,1-2H3. The summed E-state index contributed by atoms with van der Waals surface area (Å²) in [5, 5.41) is 4.17. The van der Waals surface area contributed by atoms with Crippen molar-refractivity contribution in [3.63, 3.8) is 0 Å². The monoisotopic (exact) mass is 216 g/mol. The average molecular weight is 216 g/mol. The van der Waals surface area contributed by atoms with E-state index >= 15 is 0 Å². The number of benzene rings is 1. The second kappa shape index (κ2) is 4.84. The predicted molar refractivity (Wildman–Crippen MR) is 63.4 cm³/mol. The summed E-state index contributed by atoms with van der Waals surface area (Å²) in [6.07, 6.45) is 3.72. The molecule has 3 nitrogen and oxygen atoms in total. The summed E-state index contributed by atoms with van der Waals surface area (Å²) in [4.78, 5) is 0. The number of rotatable bonds is 4. The van der Waals surface area contributed by atoms with Gasteiger partial charge in [0.1, 0.15) is 6.10 Å². The van der Waals surface area contributed by atoms with Crippen LogP contribution in [-0.4, -0.2) is 9.78 Å². The van der Waals surface area contributed by atoms with Gasteiger partial charge in [-0.25, -0.2) is 0 Å². The molecule has 1 atom stereocenters. The van der Waals surface area contributed by atoms with Crippen molar-refractivity contribution >= 4 is 0 Å². The Kier molecular flexibility index (Phi) is 3.25. The molecule has 0 saturated carbocycles. The van der Waals surface area contributed by atoms with Crippen LogP contribution in [0.1, 0.15) is 25.5 Å². The number of ether oxygens (including phenoxy) is 1. The van der Waals surface area contributed by atoms with Gasteiger partial charge in [0.2, 0.25) is 0 Å². The van der Waals surface area contributed by atoms with Gasteiger partial charge in [-0.2, -0.15) is 5.10 Å². The van der Waals surface area contributed by atoms with Gasteiger partial charge in [0.05, 0.1) is 12.4 Å². The van der Waals surface area contributed by atoms with E-state index in [4.69, 9.17) is 4.74 Å². The molecule has 0 bridgehead atoms. The minimum atomic E-state index is 0.0516. The highest BCUT2D eigenvalue weighted by molar-refractivity contribution is 5.20. The fourth-order valence-electron chi connectivity index (χ4n) is 1.57. The number of nitrogens with zero attached hydrogens (tertiary/aromatic N) is 2. The fourth-order valence-corrected chi connectivity index (χ4v) is 1.57. The molecule has 2 aromatic rings. The zero-order valence-electron chi connectivity index (χ0n) is 9.63. The molecule has 0 spiro atoms. The van der Waals surface area contributed by atoms with Gasteiger partial charge < -0.3 is 4.74 Å². The lowest BCUT2D eigenvalue weighted by atomic mass is 10.1. The molecular weight excluding hydrogens is 200 g/mol. The number of aryl methyl sites for hydroxylation is 1. The number of aromatic nitrogens is 2. The van der Waals surface area contributed by atoms with E-state index in [2.05, 4.69) is 24.2 Å². The normalized spacial score (nSPS) is 12.4. The van der Waals surface area contributed by atoms with E-state index < -0.39 is 0 Å². The molecule has 1 aromatic carbocycles. The van der Waals surface area contributed by atoms with E-state index in [0.717, 1.165) is 12.3 Å². The van der Waals surface area contributed by atoms with E-state index in [9.17, 15) is 0 Å². The van der Waals surface area contributed by atoms with Crippen LogP contribution in [0, 0.1) is 0 Å². The summed E-state index contributed by atoms with van der Waals surface area (Å²) < 4.78 is 7.65. The molecule has 0 aliphatic rings. The molecule has 1 unspecified atom stereocenters. The largest absolute Gasteiger partial charge is 0.483 e. The van der Waals surface area contributed by atoms with Crippen LogP contribution in [0.2, 0.25) is 0 Å². The van der Waals surface area contributed by atoms with E-state index in [1.807, 2.05) is 36.0 Å².